The van der Waals surface area contributed by atoms with Gasteiger partial charge in [0.2, 0.25) is 0 Å². The summed E-state index contributed by atoms with van der Waals surface area (Å²) >= 11 is 0. The van der Waals surface area contributed by atoms with Crippen molar-refractivity contribution in [3.63, 3.8) is 0 Å². The van der Waals surface area contributed by atoms with Crippen LogP contribution in [0.3, 0.4) is 0 Å². The molecule has 2 fully saturated rings. The minimum Gasteiger partial charge on any atom is -0.393 e. The molecule has 0 aromatic carbocycles. The van der Waals surface area contributed by atoms with Gasteiger partial charge in [0.25, 0.3) is 6.43 Å². The van der Waals surface area contributed by atoms with Crippen LogP contribution >= 0.6 is 0 Å². The summed E-state index contributed by atoms with van der Waals surface area (Å²) in [6.07, 6.45) is 3.84. The van der Waals surface area contributed by atoms with Crippen molar-refractivity contribution in [3.05, 3.63) is 0 Å². The standard InChI is InChI=1S/C13H22F2O2/c14-13(15)8-17-4-3-12(16)7-11-6-9-1-2-10(11)5-9/h9-13,16H,1-8H2. The number of aliphatic hydroxyl groups is 1. The summed E-state index contributed by atoms with van der Waals surface area (Å²) in [7, 11) is 0. The SMILES string of the molecule is OC(CCOCC(F)F)CC1CC2CCC1C2. The molecule has 0 amide bonds. The molecular weight excluding hydrogens is 226 g/mol. The van der Waals surface area contributed by atoms with Crippen molar-refractivity contribution >= 4 is 0 Å². The van der Waals surface area contributed by atoms with Crippen molar-refractivity contribution in [2.24, 2.45) is 17.8 Å². The molecule has 2 saturated carbocycles. The molecule has 1 N–H and O–H groups in total. The highest BCUT2D eigenvalue weighted by Crippen LogP contribution is 2.49. The van der Waals surface area contributed by atoms with Gasteiger partial charge in [-0.05, 0) is 49.9 Å². The first-order chi connectivity index (χ1) is 8.15. The zero-order valence-corrected chi connectivity index (χ0v) is 10.2. The normalized spacial score (nSPS) is 33.5. The van der Waals surface area contributed by atoms with Crippen LogP contribution in [-0.2, 0) is 4.74 Å². The van der Waals surface area contributed by atoms with Crippen LogP contribution in [0.5, 0.6) is 0 Å². The van der Waals surface area contributed by atoms with Crippen molar-refractivity contribution in [1.82, 2.24) is 0 Å². The highest BCUT2D eigenvalue weighted by molar-refractivity contribution is 4.90. The Labute approximate surface area is 101 Å². The van der Waals surface area contributed by atoms with E-state index in [1.807, 2.05) is 0 Å². The van der Waals surface area contributed by atoms with Gasteiger partial charge in [0.05, 0.1) is 6.10 Å². The Morgan fingerprint density at radius 3 is 2.65 bits per heavy atom. The highest BCUT2D eigenvalue weighted by atomic mass is 19.3. The molecule has 2 nitrogen and oxygen atoms in total. The van der Waals surface area contributed by atoms with Crippen LogP contribution in [0.1, 0.15) is 38.5 Å². The van der Waals surface area contributed by atoms with E-state index < -0.39 is 13.0 Å². The zero-order valence-electron chi connectivity index (χ0n) is 10.2. The van der Waals surface area contributed by atoms with E-state index >= 15 is 0 Å². The van der Waals surface area contributed by atoms with Gasteiger partial charge in [-0.2, -0.15) is 0 Å². The Balaban J connectivity index is 1.56. The Morgan fingerprint density at radius 1 is 1.24 bits per heavy atom. The molecule has 4 atom stereocenters. The van der Waals surface area contributed by atoms with E-state index in [-0.39, 0.29) is 12.7 Å². The Kier molecular flexibility index (Phi) is 4.74. The second-order valence-corrected chi connectivity index (χ2v) is 5.58. The maximum absolute atomic E-state index is 11.8. The third kappa shape index (κ3) is 3.88. The summed E-state index contributed by atoms with van der Waals surface area (Å²) in [5.41, 5.74) is 0. The number of hydrogen-bond donors (Lipinski definition) is 1. The molecule has 4 unspecified atom stereocenters. The maximum Gasteiger partial charge on any atom is 0.261 e. The smallest absolute Gasteiger partial charge is 0.261 e. The van der Waals surface area contributed by atoms with E-state index in [0.717, 1.165) is 18.3 Å². The molecule has 0 aliphatic heterocycles. The Morgan fingerprint density at radius 2 is 2.06 bits per heavy atom. The van der Waals surface area contributed by atoms with Crippen molar-refractivity contribution in [3.8, 4) is 0 Å². The topological polar surface area (TPSA) is 29.5 Å². The number of ether oxygens (including phenoxy) is 1. The van der Waals surface area contributed by atoms with E-state index in [4.69, 9.17) is 4.74 Å². The summed E-state index contributed by atoms with van der Waals surface area (Å²) in [5, 5.41) is 9.84. The van der Waals surface area contributed by atoms with Crippen molar-refractivity contribution in [1.29, 1.82) is 0 Å². The maximum atomic E-state index is 11.8. The number of aliphatic hydroxyl groups excluding tert-OH is 1. The summed E-state index contributed by atoms with van der Waals surface area (Å²) in [4.78, 5) is 0. The van der Waals surface area contributed by atoms with E-state index in [0.29, 0.717) is 12.3 Å². The van der Waals surface area contributed by atoms with Crippen LogP contribution in [0, 0.1) is 17.8 Å². The average Bonchev–Trinajstić information content (AvgIpc) is 2.86. The largest absolute Gasteiger partial charge is 0.393 e. The van der Waals surface area contributed by atoms with Crippen molar-refractivity contribution < 1.29 is 18.6 Å². The molecule has 0 aromatic heterocycles. The summed E-state index contributed by atoms with van der Waals surface area (Å²) in [6.45, 7) is -0.271. The van der Waals surface area contributed by atoms with Crippen LogP contribution in [-0.4, -0.2) is 30.8 Å². The van der Waals surface area contributed by atoms with E-state index in [1.54, 1.807) is 0 Å². The van der Waals surface area contributed by atoms with Gasteiger partial charge in [0.15, 0.2) is 0 Å². The second kappa shape index (κ2) is 6.10. The minimum atomic E-state index is -2.40. The fraction of sp³-hybridized carbons (Fsp3) is 1.00. The molecule has 2 bridgehead atoms. The lowest BCUT2D eigenvalue weighted by atomic mass is 9.84. The van der Waals surface area contributed by atoms with Crippen molar-refractivity contribution in [2.45, 2.75) is 51.1 Å². The van der Waals surface area contributed by atoms with E-state index in [2.05, 4.69) is 0 Å². The quantitative estimate of drug-likeness (QED) is 0.702. The molecule has 0 heterocycles. The third-order valence-corrected chi connectivity index (χ3v) is 4.30. The van der Waals surface area contributed by atoms with Gasteiger partial charge in [-0.1, -0.05) is 6.42 Å². The molecular formula is C13H22F2O2. The Hall–Kier alpha value is -0.220. The molecule has 4 heteroatoms. The van der Waals surface area contributed by atoms with Gasteiger partial charge >= 0.3 is 0 Å². The first-order valence-electron chi connectivity index (χ1n) is 6.69. The number of alkyl halides is 2. The fourth-order valence-electron chi connectivity index (χ4n) is 3.52. The second-order valence-electron chi connectivity index (χ2n) is 5.58. The lowest BCUT2D eigenvalue weighted by molar-refractivity contribution is 0.00143. The zero-order chi connectivity index (χ0) is 12.3. The highest BCUT2D eigenvalue weighted by Gasteiger charge is 2.39. The van der Waals surface area contributed by atoms with Gasteiger partial charge in [-0.25, -0.2) is 8.78 Å². The lowest BCUT2D eigenvalue weighted by Crippen LogP contribution is -2.20. The lowest BCUT2D eigenvalue weighted by Gasteiger charge is -2.24. The van der Waals surface area contributed by atoms with Gasteiger partial charge < -0.3 is 9.84 Å². The van der Waals surface area contributed by atoms with Crippen LogP contribution in [0.2, 0.25) is 0 Å². The minimum absolute atomic E-state index is 0.242. The fourth-order valence-corrected chi connectivity index (χ4v) is 3.52. The molecule has 0 saturated heterocycles. The molecule has 2 aliphatic carbocycles. The average molecular weight is 248 g/mol. The molecule has 0 spiro atoms. The summed E-state index contributed by atoms with van der Waals surface area (Å²) < 4.78 is 28.4. The number of fused-ring (bicyclic) bond motifs is 2. The van der Waals surface area contributed by atoms with Crippen LogP contribution in [0.4, 0.5) is 8.78 Å². The molecule has 17 heavy (non-hydrogen) atoms. The van der Waals surface area contributed by atoms with Gasteiger partial charge in [0.1, 0.15) is 6.61 Å². The van der Waals surface area contributed by atoms with Crippen molar-refractivity contribution in [2.75, 3.05) is 13.2 Å². The number of rotatable bonds is 7. The molecule has 0 aromatic rings. The number of halogens is 2. The predicted molar refractivity (Wildman–Crippen MR) is 61.0 cm³/mol. The molecule has 0 radical (unpaired) electrons. The summed E-state index contributed by atoms with van der Waals surface area (Å²) in [6, 6.07) is 0. The first kappa shape index (κ1) is 13.2. The summed E-state index contributed by atoms with van der Waals surface area (Å²) in [5.74, 6) is 2.38. The first-order valence-corrected chi connectivity index (χ1v) is 6.69. The van der Waals surface area contributed by atoms with E-state index in [1.165, 1.54) is 25.7 Å². The number of hydrogen-bond acceptors (Lipinski definition) is 2. The van der Waals surface area contributed by atoms with E-state index in [9.17, 15) is 13.9 Å². The van der Waals surface area contributed by atoms with Crippen LogP contribution in [0.25, 0.3) is 0 Å². The van der Waals surface area contributed by atoms with Crippen LogP contribution < -0.4 is 0 Å². The van der Waals surface area contributed by atoms with Crippen LogP contribution in [0.15, 0.2) is 0 Å². The third-order valence-electron chi connectivity index (χ3n) is 4.30. The monoisotopic (exact) mass is 248 g/mol. The Bertz CT molecular complexity index is 235. The molecule has 2 aliphatic rings. The predicted octanol–water partition coefficient (Wildman–Crippen LogP) is 2.85. The van der Waals surface area contributed by atoms with Gasteiger partial charge in [-0.15, -0.1) is 0 Å². The van der Waals surface area contributed by atoms with Gasteiger partial charge in [-0.3, -0.25) is 0 Å². The molecule has 100 valence electrons. The molecule has 2 rings (SSSR count). The van der Waals surface area contributed by atoms with Gasteiger partial charge in [0, 0.05) is 6.61 Å².